The molecule has 0 unspecified atom stereocenters. The van der Waals surface area contributed by atoms with Crippen LogP contribution in [0.2, 0.25) is 10.0 Å². The highest BCUT2D eigenvalue weighted by Crippen LogP contribution is 2.23. The quantitative estimate of drug-likeness (QED) is 0.123. The molecule has 0 bridgehead atoms. The summed E-state index contributed by atoms with van der Waals surface area (Å²) in [7, 11) is 0. The van der Waals surface area contributed by atoms with Crippen molar-refractivity contribution in [1.82, 2.24) is 15.0 Å². The third-order valence-corrected chi connectivity index (χ3v) is 6.55. The van der Waals surface area contributed by atoms with Gasteiger partial charge in [-0.2, -0.15) is 15.0 Å². The zero-order chi connectivity index (χ0) is 26.3. The lowest BCUT2D eigenvalue weighted by atomic mass is 10.1. The molecule has 188 valence electrons. The molecule has 7 nitrogen and oxygen atoms in total. The first-order valence-corrected chi connectivity index (χ1v) is 13.1. The molecule has 10 heteroatoms. The van der Waals surface area contributed by atoms with Gasteiger partial charge in [0, 0.05) is 37.5 Å². The van der Waals surface area contributed by atoms with Gasteiger partial charge in [0.05, 0.1) is 0 Å². The molecule has 0 aliphatic carbocycles. The monoisotopic (exact) mass is 558 g/mol. The van der Waals surface area contributed by atoms with E-state index in [9.17, 15) is 4.79 Å². The lowest BCUT2D eigenvalue weighted by molar-refractivity contribution is 0.104. The molecule has 5 rings (SSSR count). The molecule has 0 saturated heterocycles. The Morgan fingerprint density at radius 1 is 0.658 bits per heavy atom. The van der Waals surface area contributed by atoms with E-state index < -0.39 is 0 Å². The van der Waals surface area contributed by atoms with Gasteiger partial charge >= 0.3 is 0 Å². The normalized spacial score (nSPS) is 10.9. The van der Waals surface area contributed by atoms with Gasteiger partial charge in [0.25, 0.3) is 0 Å². The Morgan fingerprint density at radius 3 is 1.53 bits per heavy atom. The van der Waals surface area contributed by atoms with E-state index in [1.54, 1.807) is 65.9 Å². The van der Waals surface area contributed by atoms with Crippen LogP contribution in [-0.2, 0) is 0 Å². The van der Waals surface area contributed by atoms with Crippen LogP contribution in [0.4, 0.5) is 34.9 Å². The summed E-state index contributed by atoms with van der Waals surface area (Å²) in [6.45, 7) is 0. The number of benzene rings is 3. The molecule has 0 saturated carbocycles. The number of ketones is 1. The molecule has 3 N–H and O–H groups in total. The Bertz CT molecular complexity index is 1490. The average molecular weight is 559 g/mol. The van der Waals surface area contributed by atoms with E-state index in [1.165, 1.54) is 0 Å². The summed E-state index contributed by atoms with van der Waals surface area (Å²) in [6.07, 6.45) is 3.39. The van der Waals surface area contributed by atoms with Gasteiger partial charge in [-0.1, -0.05) is 29.3 Å². The van der Waals surface area contributed by atoms with Gasteiger partial charge in [0.15, 0.2) is 5.78 Å². The van der Waals surface area contributed by atoms with Gasteiger partial charge in [-0.25, -0.2) is 0 Å². The Morgan fingerprint density at radius 2 is 1.11 bits per heavy atom. The van der Waals surface area contributed by atoms with Gasteiger partial charge in [0.1, 0.15) is 0 Å². The fourth-order valence-electron chi connectivity index (χ4n) is 3.36. The largest absolute Gasteiger partial charge is 0.324 e. The third-order valence-electron chi connectivity index (χ3n) is 5.20. The van der Waals surface area contributed by atoms with Crippen LogP contribution in [0, 0.1) is 0 Å². The number of hydrogen-bond donors (Lipinski definition) is 3. The van der Waals surface area contributed by atoms with E-state index in [1.807, 2.05) is 47.9 Å². The maximum Gasteiger partial charge on any atom is 0.233 e. The number of allylic oxidation sites excluding steroid dienone is 1. The number of anilines is 6. The standard InChI is InChI=1S/C28H20Cl2N6OS/c29-19-5-11-22(12-6-19)32-27-34-26(35-28(36-27)33-23-13-7-20(30)8-14-23)31-21-9-3-18(4-10-21)25(37)16-15-24-2-1-17-38-24/h1-17H,(H3,31,32,33,34,35,36)/b16-15+. The zero-order valence-corrected chi connectivity index (χ0v) is 22.1. The number of carbonyl (C=O) groups is 1. The molecule has 0 aliphatic heterocycles. The number of carbonyl (C=O) groups excluding carboxylic acids is 1. The van der Waals surface area contributed by atoms with Crippen LogP contribution in [0.25, 0.3) is 6.08 Å². The van der Waals surface area contributed by atoms with Gasteiger partial charge in [0.2, 0.25) is 17.8 Å². The minimum absolute atomic E-state index is 0.0750. The maximum atomic E-state index is 12.5. The van der Waals surface area contributed by atoms with Crippen LogP contribution in [0.3, 0.4) is 0 Å². The van der Waals surface area contributed by atoms with E-state index in [0.29, 0.717) is 39.1 Å². The number of thiophene rings is 1. The molecular formula is C28H20Cl2N6OS. The van der Waals surface area contributed by atoms with Crippen molar-refractivity contribution in [2.75, 3.05) is 16.0 Å². The third kappa shape index (κ3) is 6.95. The van der Waals surface area contributed by atoms with Crippen LogP contribution in [0.15, 0.2) is 96.4 Å². The van der Waals surface area contributed by atoms with Gasteiger partial charge in [-0.05, 0) is 96.4 Å². The van der Waals surface area contributed by atoms with Crippen molar-refractivity contribution in [2.24, 2.45) is 0 Å². The molecule has 5 aromatic rings. The number of nitrogens with zero attached hydrogens (tertiary/aromatic N) is 3. The van der Waals surface area contributed by atoms with E-state index >= 15 is 0 Å². The van der Waals surface area contributed by atoms with E-state index in [-0.39, 0.29) is 5.78 Å². The first kappa shape index (κ1) is 25.4. The molecule has 0 amide bonds. The summed E-state index contributed by atoms with van der Waals surface area (Å²) >= 11 is 13.6. The second kappa shape index (κ2) is 11.9. The van der Waals surface area contributed by atoms with Crippen molar-refractivity contribution >= 4 is 81.3 Å². The Labute approximate surface area is 233 Å². The molecule has 0 atom stereocenters. The highest BCUT2D eigenvalue weighted by molar-refractivity contribution is 7.10. The second-order valence-corrected chi connectivity index (χ2v) is 9.84. The first-order chi connectivity index (χ1) is 18.5. The Hall–Kier alpha value is -4.24. The van der Waals surface area contributed by atoms with Crippen LogP contribution < -0.4 is 16.0 Å². The number of aromatic nitrogens is 3. The number of halogens is 2. The molecule has 3 aromatic carbocycles. The van der Waals surface area contributed by atoms with Crippen molar-refractivity contribution in [3.05, 3.63) is 117 Å². The molecule has 0 spiro atoms. The smallest absolute Gasteiger partial charge is 0.233 e. The number of hydrogen-bond acceptors (Lipinski definition) is 8. The predicted octanol–water partition coefficient (Wildman–Crippen LogP) is 8.37. The van der Waals surface area contributed by atoms with Crippen molar-refractivity contribution in [3.8, 4) is 0 Å². The molecule has 0 fully saturated rings. The summed E-state index contributed by atoms with van der Waals surface area (Å²) in [5.74, 6) is 0.886. The summed E-state index contributed by atoms with van der Waals surface area (Å²) in [5.41, 5.74) is 2.82. The minimum atomic E-state index is -0.0750. The van der Waals surface area contributed by atoms with Crippen LogP contribution >= 0.6 is 34.5 Å². The average Bonchev–Trinajstić information content (AvgIpc) is 3.44. The van der Waals surface area contributed by atoms with Crippen molar-refractivity contribution < 1.29 is 4.79 Å². The Kier molecular flexibility index (Phi) is 7.94. The van der Waals surface area contributed by atoms with Crippen molar-refractivity contribution in [2.45, 2.75) is 0 Å². The summed E-state index contributed by atoms with van der Waals surface area (Å²) in [5, 5.41) is 12.7. The molecular weight excluding hydrogens is 539 g/mol. The summed E-state index contributed by atoms with van der Waals surface area (Å²) in [6, 6.07) is 25.4. The fraction of sp³-hybridized carbons (Fsp3) is 0. The summed E-state index contributed by atoms with van der Waals surface area (Å²) in [4.78, 5) is 27.0. The molecule has 0 radical (unpaired) electrons. The lowest BCUT2D eigenvalue weighted by Gasteiger charge is -2.12. The lowest BCUT2D eigenvalue weighted by Crippen LogP contribution is -2.07. The van der Waals surface area contributed by atoms with Crippen LogP contribution in [-0.4, -0.2) is 20.7 Å². The molecule has 0 aliphatic rings. The van der Waals surface area contributed by atoms with Gasteiger partial charge < -0.3 is 16.0 Å². The van der Waals surface area contributed by atoms with Gasteiger partial charge in [-0.15, -0.1) is 11.3 Å². The highest BCUT2D eigenvalue weighted by Gasteiger charge is 2.10. The van der Waals surface area contributed by atoms with Crippen LogP contribution in [0.1, 0.15) is 15.2 Å². The maximum absolute atomic E-state index is 12.5. The number of rotatable bonds is 9. The topological polar surface area (TPSA) is 91.8 Å². The van der Waals surface area contributed by atoms with Gasteiger partial charge in [-0.3, -0.25) is 4.79 Å². The second-order valence-electron chi connectivity index (χ2n) is 7.99. The van der Waals surface area contributed by atoms with E-state index in [2.05, 4.69) is 30.9 Å². The minimum Gasteiger partial charge on any atom is -0.324 e. The first-order valence-electron chi connectivity index (χ1n) is 11.4. The highest BCUT2D eigenvalue weighted by atomic mass is 35.5. The molecule has 2 aromatic heterocycles. The SMILES string of the molecule is O=C(/C=C/c1cccs1)c1ccc(Nc2nc(Nc3ccc(Cl)cc3)nc(Nc3ccc(Cl)cc3)n2)cc1. The Balaban J connectivity index is 1.36. The predicted molar refractivity (Wildman–Crippen MR) is 157 cm³/mol. The molecule has 2 heterocycles. The van der Waals surface area contributed by atoms with E-state index in [0.717, 1.165) is 16.3 Å². The molecule has 38 heavy (non-hydrogen) atoms. The van der Waals surface area contributed by atoms with Crippen LogP contribution in [0.5, 0.6) is 0 Å². The van der Waals surface area contributed by atoms with E-state index in [4.69, 9.17) is 23.2 Å². The van der Waals surface area contributed by atoms with Crippen molar-refractivity contribution in [3.63, 3.8) is 0 Å². The zero-order valence-electron chi connectivity index (χ0n) is 19.7. The summed E-state index contributed by atoms with van der Waals surface area (Å²) < 4.78 is 0. The fourth-order valence-corrected chi connectivity index (χ4v) is 4.23. The van der Waals surface area contributed by atoms with Crippen molar-refractivity contribution in [1.29, 1.82) is 0 Å². The number of nitrogens with one attached hydrogen (secondary N) is 3.